The molecule has 1 aliphatic carbocycles. The second kappa shape index (κ2) is 6.65. The molecule has 2 atom stereocenters. The van der Waals surface area contributed by atoms with Crippen LogP contribution >= 0.6 is 11.3 Å². The standard InChI is InChI=1S/C16H20B2S/c1-11(3-4-12(2)17)13-5-7-14(8-6-13)15-9-10-16(18)19-15/h5,7,9-12H,3-4,6,8H2,1-2H3. The van der Waals surface area contributed by atoms with Gasteiger partial charge in [-0.2, -0.15) is 11.3 Å². The molecule has 0 aliphatic heterocycles. The molecule has 0 saturated carbocycles. The molecule has 0 N–H and O–H groups in total. The first kappa shape index (κ1) is 14.7. The zero-order chi connectivity index (χ0) is 13.8. The Morgan fingerprint density at radius 1 is 1.16 bits per heavy atom. The summed E-state index contributed by atoms with van der Waals surface area (Å²) in [6.45, 7) is 4.40. The first-order chi connectivity index (χ1) is 9.06. The summed E-state index contributed by atoms with van der Waals surface area (Å²) in [5.74, 6) is 0.962. The minimum atomic E-state index is 0.312. The Hall–Kier alpha value is -0.690. The van der Waals surface area contributed by atoms with E-state index in [2.05, 4.69) is 32.1 Å². The number of rotatable bonds is 5. The van der Waals surface area contributed by atoms with Gasteiger partial charge in [0, 0.05) is 4.88 Å². The fourth-order valence-corrected chi connectivity index (χ4v) is 3.32. The highest BCUT2D eigenvalue weighted by atomic mass is 32.1. The van der Waals surface area contributed by atoms with E-state index in [0.29, 0.717) is 11.7 Å². The van der Waals surface area contributed by atoms with Crippen LogP contribution in [0.15, 0.2) is 29.9 Å². The monoisotopic (exact) mass is 266 g/mol. The zero-order valence-electron chi connectivity index (χ0n) is 11.9. The Balaban J connectivity index is 1.99. The largest absolute Gasteiger partial charge is 0.152 e. The van der Waals surface area contributed by atoms with Crippen LogP contribution in [0.25, 0.3) is 5.57 Å². The van der Waals surface area contributed by atoms with Crippen molar-refractivity contribution in [1.82, 2.24) is 0 Å². The maximum Gasteiger partial charge on any atom is 0.128 e. The van der Waals surface area contributed by atoms with E-state index in [1.807, 2.05) is 6.07 Å². The molecule has 4 radical (unpaired) electrons. The van der Waals surface area contributed by atoms with Crippen molar-refractivity contribution in [2.45, 2.75) is 45.3 Å². The molecule has 1 heterocycles. The van der Waals surface area contributed by atoms with Gasteiger partial charge in [0.05, 0.1) is 7.85 Å². The van der Waals surface area contributed by atoms with Gasteiger partial charge in [0.15, 0.2) is 0 Å². The van der Waals surface area contributed by atoms with Gasteiger partial charge in [-0.1, -0.05) is 49.9 Å². The first-order valence-electron chi connectivity index (χ1n) is 7.07. The summed E-state index contributed by atoms with van der Waals surface area (Å²) in [5, 5.41) is 0. The van der Waals surface area contributed by atoms with Gasteiger partial charge >= 0.3 is 0 Å². The molecule has 0 nitrogen and oxygen atoms in total. The molecule has 0 fully saturated rings. The van der Waals surface area contributed by atoms with Crippen molar-refractivity contribution in [3.8, 4) is 0 Å². The van der Waals surface area contributed by atoms with Crippen molar-refractivity contribution < 1.29 is 0 Å². The molecule has 19 heavy (non-hydrogen) atoms. The Kier molecular flexibility index (Phi) is 5.15. The molecule has 1 aromatic rings. The lowest BCUT2D eigenvalue weighted by atomic mass is 9.80. The third-order valence-electron chi connectivity index (χ3n) is 3.81. The summed E-state index contributed by atoms with van der Waals surface area (Å²) < 4.78 is 0.899. The van der Waals surface area contributed by atoms with Crippen LogP contribution in [0.3, 0.4) is 0 Å². The smallest absolute Gasteiger partial charge is 0.128 e. The highest BCUT2D eigenvalue weighted by molar-refractivity contribution is 7.20. The van der Waals surface area contributed by atoms with Crippen LogP contribution in [0.4, 0.5) is 0 Å². The topological polar surface area (TPSA) is 0 Å². The van der Waals surface area contributed by atoms with Gasteiger partial charge in [-0.3, -0.25) is 0 Å². The van der Waals surface area contributed by atoms with E-state index in [0.717, 1.165) is 17.6 Å². The van der Waals surface area contributed by atoms with Crippen LogP contribution in [0.1, 0.15) is 44.4 Å². The van der Waals surface area contributed by atoms with Gasteiger partial charge in [-0.15, -0.1) is 0 Å². The number of thiophene rings is 1. The minimum Gasteiger partial charge on any atom is -0.152 e. The second-order valence-electron chi connectivity index (χ2n) is 5.59. The number of allylic oxidation sites excluding steroid dienone is 4. The molecule has 1 aromatic heterocycles. The summed E-state index contributed by atoms with van der Waals surface area (Å²) in [4.78, 5) is 1.32. The van der Waals surface area contributed by atoms with Gasteiger partial charge in [-0.25, -0.2) is 0 Å². The summed E-state index contributed by atoms with van der Waals surface area (Å²) >= 11 is 1.68. The Morgan fingerprint density at radius 3 is 2.47 bits per heavy atom. The summed E-state index contributed by atoms with van der Waals surface area (Å²) in [6, 6.07) is 4.12. The molecule has 2 unspecified atom stereocenters. The van der Waals surface area contributed by atoms with Gasteiger partial charge in [0.2, 0.25) is 0 Å². The number of hydrogen-bond donors (Lipinski definition) is 0. The summed E-state index contributed by atoms with van der Waals surface area (Å²) in [6.07, 6.45) is 9.18. The van der Waals surface area contributed by atoms with E-state index < -0.39 is 0 Å². The van der Waals surface area contributed by atoms with E-state index in [1.165, 1.54) is 23.3 Å². The maximum atomic E-state index is 5.83. The van der Waals surface area contributed by atoms with Crippen molar-refractivity contribution in [2.24, 2.45) is 5.92 Å². The van der Waals surface area contributed by atoms with Crippen LogP contribution in [-0.2, 0) is 0 Å². The summed E-state index contributed by atoms with van der Waals surface area (Å²) in [5.41, 5.74) is 2.98. The van der Waals surface area contributed by atoms with Gasteiger partial charge < -0.3 is 0 Å². The van der Waals surface area contributed by atoms with Crippen molar-refractivity contribution >= 4 is 37.4 Å². The molecule has 1 aliphatic rings. The van der Waals surface area contributed by atoms with Gasteiger partial charge in [-0.05, 0) is 41.6 Å². The SMILES string of the molecule is [B]c1ccc(C2=CC=C(C(C)CCC([B])C)CC2)s1. The molecule has 0 saturated heterocycles. The van der Waals surface area contributed by atoms with Crippen LogP contribution in [0.5, 0.6) is 0 Å². The van der Waals surface area contributed by atoms with Crippen LogP contribution < -0.4 is 4.78 Å². The molecule has 0 amide bonds. The van der Waals surface area contributed by atoms with E-state index in [1.54, 1.807) is 16.9 Å². The van der Waals surface area contributed by atoms with E-state index in [4.69, 9.17) is 15.7 Å². The molecular weight excluding hydrogens is 246 g/mol. The van der Waals surface area contributed by atoms with E-state index >= 15 is 0 Å². The van der Waals surface area contributed by atoms with Crippen molar-refractivity contribution in [3.05, 3.63) is 34.7 Å². The quantitative estimate of drug-likeness (QED) is 0.705. The Morgan fingerprint density at radius 2 is 1.95 bits per heavy atom. The highest BCUT2D eigenvalue weighted by Crippen LogP contribution is 2.33. The van der Waals surface area contributed by atoms with E-state index in [-0.39, 0.29) is 0 Å². The normalized spacial score (nSPS) is 18.6. The summed E-state index contributed by atoms with van der Waals surface area (Å²) in [7, 11) is 11.6. The first-order valence-corrected chi connectivity index (χ1v) is 7.89. The average molecular weight is 266 g/mol. The van der Waals surface area contributed by atoms with E-state index in [9.17, 15) is 0 Å². The van der Waals surface area contributed by atoms with Gasteiger partial charge in [0.25, 0.3) is 0 Å². The lowest BCUT2D eigenvalue weighted by Crippen LogP contribution is -2.04. The molecule has 3 heteroatoms. The van der Waals surface area contributed by atoms with Gasteiger partial charge in [0.1, 0.15) is 7.85 Å². The molecular formula is C16H20B2S. The average Bonchev–Trinajstić information content (AvgIpc) is 2.83. The molecule has 0 bridgehead atoms. The predicted molar refractivity (Wildman–Crippen MR) is 88.6 cm³/mol. The lowest BCUT2D eigenvalue weighted by Gasteiger charge is -2.20. The second-order valence-corrected chi connectivity index (χ2v) is 6.71. The fourth-order valence-electron chi connectivity index (χ4n) is 2.49. The van der Waals surface area contributed by atoms with Crippen molar-refractivity contribution in [1.29, 1.82) is 0 Å². The van der Waals surface area contributed by atoms with Crippen molar-refractivity contribution in [3.63, 3.8) is 0 Å². The minimum absolute atomic E-state index is 0.312. The molecule has 2 rings (SSSR count). The Labute approximate surface area is 123 Å². The third-order valence-corrected chi connectivity index (χ3v) is 4.80. The molecule has 0 spiro atoms. The number of hydrogen-bond acceptors (Lipinski definition) is 1. The van der Waals surface area contributed by atoms with Crippen LogP contribution in [-0.4, -0.2) is 15.7 Å². The molecule has 96 valence electrons. The van der Waals surface area contributed by atoms with Crippen molar-refractivity contribution in [2.75, 3.05) is 0 Å². The maximum absolute atomic E-state index is 5.83. The zero-order valence-corrected chi connectivity index (χ0v) is 12.7. The predicted octanol–water partition coefficient (Wildman–Crippen LogP) is 4.04. The molecule has 0 aromatic carbocycles. The fraction of sp³-hybridized carbons (Fsp3) is 0.500. The highest BCUT2D eigenvalue weighted by Gasteiger charge is 2.14. The lowest BCUT2D eigenvalue weighted by molar-refractivity contribution is 0.554. The van der Waals surface area contributed by atoms with Crippen LogP contribution in [0.2, 0.25) is 5.82 Å². The Bertz CT molecular complexity index is 483. The van der Waals surface area contributed by atoms with Crippen LogP contribution in [0, 0.1) is 5.92 Å². The third kappa shape index (κ3) is 4.14.